The molecule has 2 aromatic rings. The summed E-state index contributed by atoms with van der Waals surface area (Å²) >= 11 is 0. The molecule has 0 bridgehead atoms. The van der Waals surface area contributed by atoms with Gasteiger partial charge in [-0.05, 0) is 43.5 Å². The van der Waals surface area contributed by atoms with Crippen molar-refractivity contribution in [3.8, 4) is 0 Å². The van der Waals surface area contributed by atoms with Crippen molar-refractivity contribution >= 4 is 11.6 Å². The normalized spacial score (nSPS) is 11.8. The van der Waals surface area contributed by atoms with Gasteiger partial charge in [0.1, 0.15) is 11.3 Å². The highest BCUT2D eigenvalue weighted by molar-refractivity contribution is 5.95. The van der Waals surface area contributed by atoms with E-state index in [1.54, 1.807) is 25.4 Å². The maximum absolute atomic E-state index is 12.4. The number of aromatic nitrogens is 1. The maximum atomic E-state index is 12.4. The summed E-state index contributed by atoms with van der Waals surface area (Å²) < 4.78 is 5.38. The van der Waals surface area contributed by atoms with Crippen LogP contribution in [0.5, 0.6) is 0 Å². The summed E-state index contributed by atoms with van der Waals surface area (Å²) in [4.78, 5) is 28.7. The topological polar surface area (TPSA) is 84.2 Å². The Morgan fingerprint density at radius 1 is 1.27 bits per heavy atom. The molecule has 0 aliphatic rings. The molecule has 1 amide bonds. The van der Waals surface area contributed by atoms with Crippen molar-refractivity contribution in [1.82, 2.24) is 10.3 Å². The van der Waals surface area contributed by atoms with Crippen LogP contribution in [0, 0.1) is 13.8 Å². The Labute approximate surface area is 154 Å². The number of anilines is 1. The highest BCUT2D eigenvalue weighted by Crippen LogP contribution is 2.21. The first-order valence-electron chi connectivity index (χ1n) is 9.01. The fourth-order valence-corrected chi connectivity index (χ4v) is 2.86. The Bertz CT molecular complexity index is 814. The minimum Gasteiger partial charge on any atom is -0.427 e. The van der Waals surface area contributed by atoms with Gasteiger partial charge in [-0.2, -0.15) is 0 Å². The van der Waals surface area contributed by atoms with Gasteiger partial charge in [-0.15, -0.1) is 0 Å². The van der Waals surface area contributed by atoms with Crippen molar-refractivity contribution in [2.24, 2.45) is 0 Å². The largest absolute Gasteiger partial charge is 0.427 e. The second-order valence-corrected chi connectivity index (χ2v) is 6.56. The highest BCUT2D eigenvalue weighted by Gasteiger charge is 2.18. The summed E-state index contributed by atoms with van der Waals surface area (Å²) in [6, 6.07) is 3.68. The lowest BCUT2D eigenvalue weighted by atomic mass is 10.0. The zero-order valence-electron chi connectivity index (χ0n) is 15.9. The van der Waals surface area contributed by atoms with E-state index in [9.17, 15) is 9.59 Å². The lowest BCUT2D eigenvalue weighted by Crippen LogP contribution is -2.33. The van der Waals surface area contributed by atoms with E-state index < -0.39 is 11.5 Å². The zero-order valence-corrected chi connectivity index (χ0v) is 15.9. The fourth-order valence-electron chi connectivity index (χ4n) is 2.86. The summed E-state index contributed by atoms with van der Waals surface area (Å²) in [5, 5.41) is 6.00. The molecule has 140 valence electrons. The van der Waals surface area contributed by atoms with Gasteiger partial charge < -0.3 is 15.1 Å². The van der Waals surface area contributed by atoms with E-state index in [0.29, 0.717) is 24.4 Å². The Kier molecular flexibility index (Phi) is 6.95. The van der Waals surface area contributed by atoms with Crippen LogP contribution in [0.25, 0.3) is 0 Å². The first kappa shape index (κ1) is 19.7. The number of hydrogen-bond acceptors (Lipinski definition) is 5. The number of carbonyl (C=O) groups is 1. The average molecular weight is 357 g/mol. The molecule has 0 saturated heterocycles. The summed E-state index contributed by atoms with van der Waals surface area (Å²) in [6.45, 7) is 8.79. The van der Waals surface area contributed by atoms with Crippen LogP contribution >= 0.6 is 0 Å². The molecule has 0 fully saturated rings. The van der Waals surface area contributed by atoms with E-state index in [2.05, 4.69) is 22.5 Å². The molecule has 2 heterocycles. The standard InChI is InChI=1S/C20H27N3O3/c1-5-6-13(2)17-11-14(3)18(20(25)26-17)19(24)23-10-9-22-16-7-8-21-12-15(16)4/h7-8,11-13H,5-6,9-10H2,1-4H3,(H,21,22)(H,23,24). The number of aryl methyl sites for hydroxylation is 2. The van der Waals surface area contributed by atoms with Crippen molar-refractivity contribution in [3.05, 3.63) is 57.4 Å². The van der Waals surface area contributed by atoms with Crippen LogP contribution < -0.4 is 16.3 Å². The van der Waals surface area contributed by atoms with E-state index in [-0.39, 0.29) is 11.5 Å². The molecule has 0 aromatic carbocycles. The smallest absolute Gasteiger partial charge is 0.349 e. The molecular weight excluding hydrogens is 330 g/mol. The third-order valence-corrected chi connectivity index (χ3v) is 4.35. The van der Waals surface area contributed by atoms with Gasteiger partial charge in [0.15, 0.2) is 0 Å². The molecule has 2 rings (SSSR count). The van der Waals surface area contributed by atoms with Gasteiger partial charge in [0.25, 0.3) is 5.91 Å². The molecule has 0 spiro atoms. The molecule has 0 saturated carbocycles. The maximum Gasteiger partial charge on any atom is 0.349 e. The summed E-state index contributed by atoms with van der Waals surface area (Å²) in [5.74, 6) is 0.399. The van der Waals surface area contributed by atoms with Crippen LogP contribution in [-0.2, 0) is 0 Å². The minimum atomic E-state index is -0.571. The molecule has 1 unspecified atom stereocenters. The van der Waals surface area contributed by atoms with E-state index in [0.717, 1.165) is 24.1 Å². The Balaban J connectivity index is 1.97. The number of nitrogens with one attached hydrogen (secondary N) is 2. The van der Waals surface area contributed by atoms with Gasteiger partial charge in [0, 0.05) is 37.1 Å². The predicted molar refractivity (Wildman–Crippen MR) is 103 cm³/mol. The highest BCUT2D eigenvalue weighted by atomic mass is 16.4. The molecule has 2 aromatic heterocycles. The van der Waals surface area contributed by atoms with Gasteiger partial charge >= 0.3 is 5.63 Å². The van der Waals surface area contributed by atoms with Crippen molar-refractivity contribution in [2.45, 2.75) is 46.5 Å². The molecule has 26 heavy (non-hydrogen) atoms. The zero-order chi connectivity index (χ0) is 19.1. The fraction of sp³-hybridized carbons (Fsp3) is 0.450. The van der Waals surface area contributed by atoms with Crippen LogP contribution in [0.1, 0.15) is 59.9 Å². The number of nitrogens with zero attached hydrogens (tertiary/aromatic N) is 1. The monoisotopic (exact) mass is 357 g/mol. The van der Waals surface area contributed by atoms with E-state index in [1.807, 2.05) is 19.9 Å². The second kappa shape index (κ2) is 9.17. The number of rotatable bonds is 8. The van der Waals surface area contributed by atoms with E-state index in [1.165, 1.54) is 0 Å². The molecule has 0 radical (unpaired) electrons. The second-order valence-electron chi connectivity index (χ2n) is 6.56. The summed E-state index contributed by atoms with van der Waals surface area (Å²) in [5.41, 5.74) is 2.16. The van der Waals surface area contributed by atoms with Crippen molar-refractivity contribution in [1.29, 1.82) is 0 Å². The van der Waals surface area contributed by atoms with Crippen LogP contribution in [0.3, 0.4) is 0 Å². The van der Waals surface area contributed by atoms with Crippen molar-refractivity contribution < 1.29 is 9.21 Å². The van der Waals surface area contributed by atoms with Crippen LogP contribution in [0.4, 0.5) is 5.69 Å². The predicted octanol–water partition coefficient (Wildman–Crippen LogP) is 3.40. The Morgan fingerprint density at radius 3 is 2.69 bits per heavy atom. The Hall–Kier alpha value is -2.63. The van der Waals surface area contributed by atoms with E-state index >= 15 is 0 Å². The SMILES string of the molecule is CCCC(C)c1cc(C)c(C(=O)NCCNc2ccncc2C)c(=O)o1. The van der Waals surface area contributed by atoms with Crippen molar-refractivity contribution in [2.75, 3.05) is 18.4 Å². The number of pyridine rings is 1. The van der Waals surface area contributed by atoms with Gasteiger partial charge in [0.2, 0.25) is 0 Å². The lowest BCUT2D eigenvalue weighted by molar-refractivity contribution is 0.0950. The number of amides is 1. The molecule has 6 heteroatoms. The first-order chi connectivity index (χ1) is 12.4. The third kappa shape index (κ3) is 4.94. The van der Waals surface area contributed by atoms with Gasteiger partial charge in [-0.3, -0.25) is 9.78 Å². The summed E-state index contributed by atoms with van der Waals surface area (Å²) in [6.07, 6.45) is 5.43. The molecular formula is C20H27N3O3. The van der Waals surface area contributed by atoms with Crippen LogP contribution in [0.15, 0.2) is 33.7 Å². The van der Waals surface area contributed by atoms with Crippen LogP contribution in [-0.4, -0.2) is 24.0 Å². The molecule has 0 aliphatic carbocycles. The average Bonchev–Trinajstić information content (AvgIpc) is 2.59. The molecule has 1 atom stereocenters. The van der Waals surface area contributed by atoms with E-state index in [4.69, 9.17) is 4.42 Å². The van der Waals surface area contributed by atoms with Gasteiger partial charge in [0.05, 0.1) is 0 Å². The van der Waals surface area contributed by atoms with Gasteiger partial charge in [-0.25, -0.2) is 4.79 Å². The third-order valence-electron chi connectivity index (χ3n) is 4.35. The van der Waals surface area contributed by atoms with Crippen LogP contribution in [0.2, 0.25) is 0 Å². The first-order valence-corrected chi connectivity index (χ1v) is 9.01. The minimum absolute atomic E-state index is 0.0811. The number of hydrogen-bond donors (Lipinski definition) is 2. The van der Waals surface area contributed by atoms with Gasteiger partial charge in [-0.1, -0.05) is 20.3 Å². The summed E-state index contributed by atoms with van der Waals surface area (Å²) in [7, 11) is 0. The Morgan fingerprint density at radius 2 is 2.04 bits per heavy atom. The lowest BCUT2D eigenvalue weighted by Gasteiger charge is -2.12. The number of carbonyl (C=O) groups excluding carboxylic acids is 1. The molecule has 2 N–H and O–H groups in total. The quantitative estimate of drug-likeness (QED) is 0.708. The molecule has 0 aliphatic heterocycles. The molecule has 6 nitrogen and oxygen atoms in total. The van der Waals surface area contributed by atoms with Crippen molar-refractivity contribution in [3.63, 3.8) is 0 Å².